The molecule has 0 bridgehead atoms. The highest BCUT2D eigenvalue weighted by Crippen LogP contribution is 2.30. The lowest BCUT2D eigenvalue weighted by molar-refractivity contribution is -0.159. The fourth-order valence-corrected chi connectivity index (χ4v) is 4.98. The number of hydrogen-bond donors (Lipinski definition) is 2. The van der Waals surface area contributed by atoms with Crippen LogP contribution >= 0.6 is 23.2 Å². The molecule has 1 amide bonds. The van der Waals surface area contributed by atoms with Crippen molar-refractivity contribution in [3.63, 3.8) is 0 Å². The maximum atomic E-state index is 13.1. The van der Waals surface area contributed by atoms with E-state index >= 15 is 0 Å². The van der Waals surface area contributed by atoms with Crippen LogP contribution in [0.25, 0.3) is 0 Å². The molecule has 4 rings (SSSR count). The van der Waals surface area contributed by atoms with Gasteiger partial charge in [-0.1, -0.05) is 41.4 Å². The van der Waals surface area contributed by atoms with Crippen molar-refractivity contribution in [3.05, 3.63) is 58.1 Å². The van der Waals surface area contributed by atoms with Crippen molar-refractivity contribution in [1.29, 1.82) is 0 Å². The van der Waals surface area contributed by atoms with Gasteiger partial charge in [0, 0.05) is 38.6 Å². The van der Waals surface area contributed by atoms with E-state index in [1.165, 1.54) is 0 Å². The average Bonchev–Trinajstić information content (AvgIpc) is 2.92. The Labute approximate surface area is 232 Å². The first-order valence-corrected chi connectivity index (χ1v) is 13.3. The van der Waals surface area contributed by atoms with Crippen molar-refractivity contribution in [1.82, 2.24) is 9.80 Å². The summed E-state index contributed by atoms with van der Waals surface area (Å²) < 4.78 is 5.78. The van der Waals surface area contributed by atoms with Crippen LogP contribution in [0.2, 0.25) is 10.0 Å². The Balaban J connectivity index is 0.000000599. The number of para-hydroxylation sites is 2. The molecule has 0 spiro atoms. The molecule has 2 aromatic rings. The number of nitrogens with zero attached hydrogens (tertiary/aromatic N) is 3. The summed E-state index contributed by atoms with van der Waals surface area (Å²) in [7, 11) is 0. The molecule has 0 aromatic heterocycles. The molecule has 2 aliphatic rings. The monoisotopic (exact) mass is 565 g/mol. The Morgan fingerprint density at radius 2 is 1.53 bits per heavy atom. The smallest absolute Gasteiger partial charge is 0.414 e. The Bertz CT molecular complexity index is 1100. The topological polar surface area (TPSA) is 111 Å². The van der Waals surface area contributed by atoms with Gasteiger partial charge in [-0.25, -0.2) is 9.59 Å². The molecule has 9 nitrogen and oxygen atoms in total. The maximum Gasteiger partial charge on any atom is 0.414 e. The third-order valence-corrected chi connectivity index (χ3v) is 7.35. The van der Waals surface area contributed by atoms with Gasteiger partial charge >= 0.3 is 11.9 Å². The van der Waals surface area contributed by atoms with Gasteiger partial charge in [0.05, 0.1) is 22.3 Å². The molecule has 0 atom stereocenters. The van der Waals surface area contributed by atoms with Crippen LogP contribution in [0.15, 0.2) is 42.5 Å². The van der Waals surface area contributed by atoms with E-state index in [0.29, 0.717) is 22.6 Å². The minimum atomic E-state index is -1.82. The van der Waals surface area contributed by atoms with Gasteiger partial charge < -0.3 is 24.7 Å². The molecule has 0 radical (unpaired) electrons. The van der Waals surface area contributed by atoms with Crippen LogP contribution in [-0.2, 0) is 20.9 Å². The number of rotatable bonds is 6. The zero-order valence-electron chi connectivity index (χ0n) is 21.3. The van der Waals surface area contributed by atoms with Crippen LogP contribution in [0.4, 0.5) is 5.69 Å². The molecule has 0 unspecified atom stereocenters. The number of aliphatic carboxylic acids is 2. The summed E-state index contributed by atoms with van der Waals surface area (Å²) in [6, 6.07) is 14.0. The quantitative estimate of drug-likeness (QED) is 0.503. The molecule has 0 aliphatic carbocycles. The first kappa shape index (κ1) is 29.5. The standard InChI is InChI=1S/C25H31Cl2N3O2.C2H2O4/c1-2-32-24-6-4-3-5-23(24)29-13-15-30(16-14-29)25(31)20-9-11-28(12-10-20)18-19-7-8-21(26)22(27)17-19;3-1(4)2(5)6/h3-8,17,20H,2,9-16,18H2,1H3;(H,3,4)(H,5,6). The van der Waals surface area contributed by atoms with E-state index < -0.39 is 11.9 Å². The summed E-state index contributed by atoms with van der Waals surface area (Å²) in [4.78, 5) is 38.1. The SMILES string of the molecule is CCOc1ccccc1N1CCN(C(=O)C2CCN(Cc3ccc(Cl)c(Cl)c3)CC2)CC1.O=C(O)C(=O)O. The molecule has 2 saturated heterocycles. The lowest BCUT2D eigenvalue weighted by Gasteiger charge is -2.39. The lowest BCUT2D eigenvalue weighted by atomic mass is 9.94. The minimum absolute atomic E-state index is 0.127. The highest BCUT2D eigenvalue weighted by Gasteiger charge is 2.31. The van der Waals surface area contributed by atoms with Gasteiger partial charge in [0.1, 0.15) is 5.75 Å². The van der Waals surface area contributed by atoms with E-state index in [1.807, 2.05) is 43.3 Å². The van der Waals surface area contributed by atoms with Crippen molar-refractivity contribution in [2.24, 2.45) is 5.92 Å². The Hall–Kier alpha value is -3.01. The molecular formula is C27H33Cl2N3O6. The first-order valence-electron chi connectivity index (χ1n) is 12.6. The maximum absolute atomic E-state index is 13.1. The Kier molecular flexibility index (Phi) is 11.1. The van der Waals surface area contributed by atoms with Gasteiger partial charge in [-0.05, 0) is 62.7 Å². The second-order valence-corrected chi connectivity index (χ2v) is 9.94. The molecule has 11 heteroatoms. The summed E-state index contributed by atoms with van der Waals surface area (Å²) in [6.07, 6.45) is 1.82. The lowest BCUT2D eigenvalue weighted by Crippen LogP contribution is -2.51. The van der Waals surface area contributed by atoms with E-state index in [9.17, 15) is 4.79 Å². The number of piperidine rings is 1. The number of carboxylic acid groups (broad SMARTS) is 2. The van der Waals surface area contributed by atoms with Gasteiger partial charge in [0.15, 0.2) is 0 Å². The molecule has 2 fully saturated rings. The van der Waals surface area contributed by atoms with Gasteiger partial charge in [-0.2, -0.15) is 0 Å². The zero-order chi connectivity index (χ0) is 27.7. The second-order valence-electron chi connectivity index (χ2n) is 9.12. The van der Waals surface area contributed by atoms with E-state index in [1.54, 1.807) is 0 Å². The number of carbonyl (C=O) groups is 3. The van der Waals surface area contributed by atoms with Crippen LogP contribution < -0.4 is 9.64 Å². The third-order valence-electron chi connectivity index (χ3n) is 6.61. The number of carboxylic acids is 2. The summed E-state index contributed by atoms with van der Waals surface area (Å²) in [5, 5.41) is 16.0. The Morgan fingerprint density at radius 3 is 2.11 bits per heavy atom. The predicted octanol–water partition coefficient (Wildman–Crippen LogP) is 4.11. The molecule has 2 heterocycles. The van der Waals surface area contributed by atoms with Crippen molar-refractivity contribution in [2.45, 2.75) is 26.3 Å². The van der Waals surface area contributed by atoms with Crippen LogP contribution in [0.3, 0.4) is 0 Å². The predicted molar refractivity (Wildman–Crippen MR) is 146 cm³/mol. The fraction of sp³-hybridized carbons (Fsp3) is 0.444. The number of ether oxygens (including phenoxy) is 1. The van der Waals surface area contributed by atoms with Gasteiger partial charge in [0.25, 0.3) is 0 Å². The average molecular weight is 566 g/mol. The van der Waals surface area contributed by atoms with Crippen LogP contribution in [0.5, 0.6) is 5.75 Å². The van der Waals surface area contributed by atoms with Crippen molar-refractivity contribution in [2.75, 3.05) is 50.8 Å². The first-order chi connectivity index (χ1) is 18.2. The molecule has 38 heavy (non-hydrogen) atoms. The largest absolute Gasteiger partial charge is 0.492 e. The van der Waals surface area contributed by atoms with E-state index in [4.69, 9.17) is 47.7 Å². The normalized spacial score (nSPS) is 16.4. The van der Waals surface area contributed by atoms with Crippen molar-refractivity contribution in [3.8, 4) is 5.75 Å². The molecule has 206 valence electrons. The number of likely N-dealkylation sites (tertiary alicyclic amines) is 1. The summed E-state index contributed by atoms with van der Waals surface area (Å²) in [6.45, 7) is 8.57. The van der Waals surface area contributed by atoms with Crippen LogP contribution in [0.1, 0.15) is 25.3 Å². The molecule has 0 saturated carbocycles. The zero-order valence-corrected chi connectivity index (χ0v) is 22.8. The number of benzene rings is 2. The van der Waals surface area contributed by atoms with E-state index in [0.717, 1.165) is 75.7 Å². The highest BCUT2D eigenvalue weighted by atomic mass is 35.5. The highest BCUT2D eigenvalue weighted by molar-refractivity contribution is 6.42. The minimum Gasteiger partial charge on any atom is -0.492 e. The number of amides is 1. The van der Waals surface area contributed by atoms with Gasteiger partial charge in [-0.15, -0.1) is 0 Å². The fourth-order valence-electron chi connectivity index (χ4n) is 4.66. The second kappa shape index (κ2) is 14.2. The number of anilines is 1. The summed E-state index contributed by atoms with van der Waals surface area (Å²) in [5.41, 5.74) is 2.28. The van der Waals surface area contributed by atoms with Crippen LogP contribution in [-0.4, -0.2) is 83.7 Å². The number of hydrogen-bond acceptors (Lipinski definition) is 6. The summed E-state index contributed by atoms with van der Waals surface area (Å²) in [5.74, 6) is -2.28. The number of halogens is 2. The van der Waals surface area contributed by atoms with Crippen LogP contribution in [0, 0.1) is 5.92 Å². The van der Waals surface area contributed by atoms with Crippen molar-refractivity contribution >= 4 is 46.7 Å². The van der Waals surface area contributed by atoms with Gasteiger partial charge in [-0.3, -0.25) is 9.69 Å². The molecule has 2 aliphatic heterocycles. The number of carbonyl (C=O) groups excluding carboxylic acids is 1. The number of piperazine rings is 1. The Morgan fingerprint density at radius 1 is 0.895 bits per heavy atom. The van der Waals surface area contributed by atoms with Crippen molar-refractivity contribution < 1.29 is 29.3 Å². The van der Waals surface area contributed by atoms with Gasteiger partial charge in [0.2, 0.25) is 5.91 Å². The van der Waals surface area contributed by atoms with E-state index in [2.05, 4.69) is 20.8 Å². The molecule has 2 aromatic carbocycles. The molecular weight excluding hydrogens is 533 g/mol. The summed E-state index contributed by atoms with van der Waals surface area (Å²) >= 11 is 12.2. The molecule has 2 N–H and O–H groups in total. The van der Waals surface area contributed by atoms with E-state index in [-0.39, 0.29) is 5.92 Å². The third kappa shape index (κ3) is 8.24.